The zero-order valence-electron chi connectivity index (χ0n) is 35.2. The molecule has 0 aliphatic carbocycles. The fourth-order valence-electron chi connectivity index (χ4n) is 6.97. The minimum atomic E-state index is -3.23. The van der Waals surface area contributed by atoms with E-state index in [1.54, 1.807) is 28.4 Å². The maximum absolute atomic E-state index is 12.1. The lowest BCUT2D eigenvalue weighted by atomic mass is 10.2. The molecule has 0 aliphatic rings. The van der Waals surface area contributed by atoms with Crippen LogP contribution in [-0.2, 0) is 42.1 Å². The molecule has 0 fully saturated rings. The molecule has 0 heterocycles. The van der Waals surface area contributed by atoms with Crippen molar-refractivity contribution in [1.82, 2.24) is 0 Å². The molecule has 0 bridgehead atoms. The van der Waals surface area contributed by atoms with Crippen molar-refractivity contribution in [2.75, 3.05) is 28.4 Å². The summed E-state index contributed by atoms with van der Waals surface area (Å²) >= 11 is 0. The highest BCUT2D eigenvalue weighted by Gasteiger charge is 2.50. The van der Waals surface area contributed by atoms with Crippen LogP contribution in [0, 0.1) is 0 Å². The monoisotopic (exact) mass is 852 g/mol. The molecule has 4 rings (SSSR count). The second-order valence-electron chi connectivity index (χ2n) is 15.4. The predicted molar refractivity (Wildman–Crippen MR) is 238 cm³/mol. The van der Waals surface area contributed by atoms with Crippen molar-refractivity contribution in [2.24, 2.45) is 0 Å². The molecule has 0 saturated heterocycles. The highest BCUT2D eigenvalue weighted by molar-refractivity contribution is 6.89. The summed E-state index contributed by atoms with van der Waals surface area (Å²) in [4.78, 5) is 12.1. The Labute approximate surface area is 341 Å². The second-order valence-corrected chi connectivity index (χ2v) is 32.1. The van der Waals surface area contributed by atoms with Crippen LogP contribution < -0.4 is 18.9 Å². The van der Waals surface area contributed by atoms with E-state index in [4.69, 9.17) is 35.4 Å². The molecule has 0 spiro atoms. The van der Waals surface area contributed by atoms with Gasteiger partial charge in [0, 0.05) is 0 Å². The van der Waals surface area contributed by atoms with Gasteiger partial charge in [-0.1, -0.05) is 48.5 Å². The molecule has 14 heteroatoms. The van der Waals surface area contributed by atoms with E-state index < -0.39 is 43.3 Å². The Balaban J connectivity index is 1.67. The number of methoxy groups -OCH3 is 4. The van der Waals surface area contributed by atoms with Gasteiger partial charge in [0.2, 0.25) is 0 Å². The van der Waals surface area contributed by atoms with Crippen molar-refractivity contribution < 1.29 is 40.2 Å². The normalized spacial score (nSPS) is 15.9. The highest BCUT2D eigenvalue weighted by atomic mass is 28.5. The molecule has 0 saturated carbocycles. The van der Waals surface area contributed by atoms with E-state index in [0.29, 0.717) is 24.6 Å². The summed E-state index contributed by atoms with van der Waals surface area (Å²) in [6.45, 7) is 12.8. The van der Waals surface area contributed by atoms with Crippen molar-refractivity contribution in [2.45, 2.75) is 89.1 Å². The Morgan fingerprint density at radius 2 is 0.679 bits per heavy atom. The SMILES string of the molecule is COc1ccc(CC[Si](C)(O)O[Si](C)(CCc2ccc(OC)cc2)O[Si](C)(CCc2ccc(OC)cc2)O[Si](C)(CCc2ccc(OC)cc2)O[SiH](C)C)cc1. The summed E-state index contributed by atoms with van der Waals surface area (Å²) in [7, 11) is -7.02. The van der Waals surface area contributed by atoms with Gasteiger partial charge in [0.25, 0.3) is 0 Å². The van der Waals surface area contributed by atoms with Crippen LogP contribution in [-0.4, -0.2) is 76.5 Å². The zero-order chi connectivity index (χ0) is 40.8. The van der Waals surface area contributed by atoms with Crippen molar-refractivity contribution in [1.29, 1.82) is 0 Å². The van der Waals surface area contributed by atoms with E-state index in [1.807, 2.05) is 67.2 Å². The molecular weight excluding hydrogens is 789 g/mol. The van der Waals surface area contributed by atoms with E-state index in [2.05, 4.69) is 69.1 Å². The van der Waals surface area contributed by atoms with E-state index in [-0.39, 0.29) is 0 Å². The molecule has 4 unspecified atom stereocenters. The Morgan fingerprint density at radius 1 is 0.411 bits per heavy atom. The lowest BCUT2D eigenvalue weighted by molar-refractivity contribution is 0.265. The molecule has 0 aliphatic heterocycles. The Kier molecular flexibility index (Phi) is 17.2. The van der Waals surface area contributed by atoms with Crippen LogP contribution >= 0.6 is 0 Å². The van der Waals surface area contributed by atoms with Gasteiger partial charge < -0.3 is 40.2 Å². The zero-order valence-corrected chi connectivity index (χ0v) is 40.3. The standard InChI is InChI=1S/C42H64O9Si5/c1-44-39-19-11-35(12-20-39)27-31-53(7,43)49-55(9,33-29-37-15-23-41(46-3)24-16-37)51-56(10,34-30-38-17-25-42(47-4)26-18-38)50-54(8,48-52(5)6)32-28-36-13-21-40(45-2)22-14-36/h11-26,43,52H,27-34H2,1-10H3. The van der Waals surface area contributed by atoms with Crippen molar-refractivity contribution in [3.05, 3.63) is 119 Å². The van der Waals surface area contributed by atoms with Crippen LogP contribution in [0.1, 0.15) is 22.3 Å². The third-order valence-electron chi connectivity index (χ3n) is 9.90. The first-order chi connectivity index (χ1) is 26.6. The quantitative estimate of drug-likeness (QED) is 0.0693. The van der Waals surface area contributed by atoms with Gasteiger partial charge in [-0.3, -0.25) is 0 Å². The van der Waals surface area contributed by atoms with Gasteiger partial charge in [0.05, 0.1) is 28.4 Å². The highest BCUT2D eigenvalue weighted by Crippen LogP contribution is 2.34. The molecule has 0 amide bonds. The molecule has 9 nitrogen and oxygen atoms in total. The number of ether oxygens (including phenoxy) is 4. The summed E-state index contributed by atoms with van der Waals surface area (Å²) in [5, 5.41) is 0. The smallest absolute Gasteiger partial charge is 0.323 e. The summed E-state index contributed by atoms with van der Waals surface area (Å²) in [5.74, 6) is 3.28. The van der Waals surface area contributed by atoms with Crippen LogP contribution in [0.3, 0.4) is 0 Å². The lowest BCUT2D eigenvalue weighted by Crippen LogP contribution is -2.61. The lowest BCUT2D eigenvalue weighted by Gasteiger charge is -2.44. The number of aryl methyl sites for hydroxylation is 4. The Morgan fingerprint density at radius 3 is 0.982 bits per heavy atom. The molecular formula is C42H64O9Si5. The van der Waals surface area contributed by atoms with Gasteiger partial charge in [-0.2, -0.15) is 0 Å². The number of benzene rings is 4. The van der Waals surface area contributed by atoms with Gasteiger partial charge in [-0.05, 0) is 160 Å². The fourth-order valence-corrected chi connectivity index (χ4v) is 29.6. The number of hydrogen-bond acceptors (Lipinski definition) is 9. The summed E-state index contributed by atoms with van der Waals surface area (Å²) in [5.41, 5.74) is 4.68. The Hall–Kier alpha value is -3.04. The van der Waals surface area contributed by atoms with Gasteiger partial charge in [-0.25, -0.2) is 0 Å². The third kappa shape index (κ3) is 15.0. The maximum atomic E-state index is 12.1. The van der Waals surface area contributed by atoms with Gasteiger partial charge >= 0.3 is 34.2 Å². The molecule has 306 valence electrons. The first kappa shape index (κ1) is 45.7. The predicted octanol–water partition coefficient (Wildman–Crippen LogP) is 9.32. The topological polar surface area (TPSA) is 94.1 Å². The first-order valence-electron chi connectivity index (χ1n) is 19.6. The van der Waals surface area contributed by atoms with E-state index in [9.17, 15) is 4.80 Å². The second kappa shape index (κ2) is 21.1. The van der Waals surface area contributed by atoms with Crippen LogP contribution in [0.15, 0.2) is 97.1 Å². The largest absolute Gasteiger partial charge is 0.497 e. The maximum Gasteiger partial charge on any atom is 0.323 e. The van der Waals surface area contributed by atoms with Crippen LogP contribution in [0.2, 0.25) is 63.5 Å². The van der Waals surface area contributed by atoms with Crippen LogP contribution in [0.25, 0.3) is 0 Å². The van der Waals surface area contributed by atoms with Gasteiger partial charge in [-0.15, -0.1) is 0 Å². The molecule has 4 aromatic carbocycles. The van der Waals surface area contributed by atoms with Crippen molar-refractivity contribution in [3.8, 4) is 23.0 Å². The average Bonchev–Trinajstić information content (AvgIpc) is 3.18. The molecule has 0 aromatic heterocycles. The van der Waals surface area contributed by atoms with Crippen LogP contribution in [0.5, 0.6) is 23.0 Å². The number of rotatable bonds is 24. The first-order valence-corrected chi connectivity index (χ1v) is 32.5. The molecule has 56 heavy (non-hydrogen) atoms. The van der Waals surface area contributed by atoms with Crippen molar-refractivity contribution in [3.63, 3.8) is 0 Å². The summed E-state index contributed by atoms with van der Waals surface area (Å²) in [6.07, 6.45) is 3.02. The molecule has 4 aromatic rings. The van der Waals surface area contributed by atoms with E-state index >= 15 is 0 Å². The minimum absolute atomic E-state index is 0.537. The van der Waals surface area contributed by atoms with Crippen LogP contribution in [0.4, 0.5) is 0 Å². The van der Waals surface area contributed by atoms with Gasteiger partial charge in [0.1, 0.15) is 23.0 Å². The van der Waals surface area contributed by atoms with Crippen molar-refractivity contribution >= 4 is 43.3 Å². The molecule has 1 N–H and O–H groups in total. The summed E-state index contributed by atoms with van der Waals surface area (Å²) < 4.78 is 50.7. The fraction of sp³-hybridized carbons (Fsp3) is 0.429. The van der Waals surface area contributed by atoms with E-state index in [0.717, 1.165) is 59.4 Å². The molecule has 0 radical (unpaired) electrons. The number of hydrogen-bond donors (Lipinski definition) is 1. The third-order valence-corrected chi connectivity index (χ3v) is 28.8. The minimum Gasteiger partial charge on any atom is -0.497 e. The Bertz CT molecular complexity index is 1740. The van der Waals surface area contributed by atoms with E-state index in [1.165, 1.54) is 11.1 Å². The summed E-state index contributed by atoms with van der Waals surface area (Å²) in [6, 6.07) is 35.3. The average molecular weight is 853 g/mol. The van der Waals surface area contributed by atoms with Gasteiger partial charge in [0.15, 0.2) is 9.04 Å². The molecule has 4 atom stereocenters.